The van der Waals surface area contributed by atoms with E-state index in [4.69, 9.17) is 9.47 Å². The predicted molar refractivity (Wildman–Crippen MR) is 85.5 cm³/mol. The Morgan fingerprint density at radius 3 is 2.26 bits per heavy atom. The van der Waals surface area contributed by atoms with E-state index in [-0.39, 0.29) is 6.61 Å². The molecule has 23 heavy (non-hydrogen) atoms. The van der Waals surface area contributed by atoms with Crippen LogP contribution >= 0.6 is 0 Å². The molecule has 126 valence electrons. The number of rotatable bonds is 3. The van der Waals surface area contributed by atoms with Crippen LogP contribution < -0.4 is 0 Å². The van der Waals surface area contributed by atoms with Crippen LogP contribution in [-0.2, 0) is 16.1 Å². The van der Waals surface area contributed by atoms with Crippen molar-refractivity contribution in [3.63, 3.8) is 0 Å². The summed E-state index contributed by atoms with van der Waals surface area (Å²) >= 11 is 0. The minimum atomic E-state index is -0.704. The predicted octanol–water partition coefficient (Wildman–Crippen LogP) is 3.57. The molecule has 0 N–H and O–H groups in total. The van der Waals surface area contributed by atoms with Gasteiger partial charge in [-0.25, -0.2) is 14.6 Å². The quantitative estimate of drug-likeness (QED) is 0.852. The molecular weight excluding hydrogens is 296 g/mol. The average Bonchev–Trinajstić information content (AvgIpc) is 2.98. The minimum Gasteiger partial charge on any atom is -0.443 e. The SMILES string of the molecule is CC(C)(C)OC(=O)N(C(=O)OCc1ccccc1)N1CCCC1. The first-order valence-electron chi connectivity index (χ1n) is 7.85. The Hall–Kier alpha value is -2.08. The van der Waals surface area contributed by atoms with Gasteiger partial charge in [-0.15, -0.1) is 5.01 Å². The van der Waals surface area contributed by atoms with Gasteiger partial charge in [0.2, 0.25) is 0 Å². The lowest BCUT2D eigenvalue weighted by atomic mass is 10.2. The van der Waals surface area contributed by atoms with Crippen molar-refractivity contribution in [2.45, 2.75) is 45.8 Å². The van der Waals surface area contributed by atoms with E-state index in [2.05, 4.69) is 0 Å². The fourth-order valence-electron chi connectivity index (χ4n) is 2.29. The number of imide groups is 1. The number of ether oxygens (including phenoxy) is 2. The van der Waals surface area contributed by atoms with Gasteiger partial charge in [0.1, 0.15) is 12.2 Å². The van der Waals surface area contributed by atoms with Crippen LogP contribution in [0.3, 0.4) is 0 Å². The Balaban J connectivity index is 2.03. The van der Waals surface area contributed by atoms with E-state index in [1.165, 1.54) is 0 Å². The van der Waals surface area contributed by atoms with Gasteiger partial charge in [-0.05, 0) is 39.2 Å². The first-order chi connectivity index (χ1) is 10.9. The number of carbonyl (C=O) groups excluding carboxylic acids is 2. The molecule has 0 saturated carbocycles. The second-order valence-corrected chi connectivity index (χ2v) is 6.49. The highest BCUT2D eigenvalue weighted by molar-refractivity contribution is 5.87. The van der Waals surface area contributed by atoms with Crippen molar-refractivity contribution in [2.24, 2.45) is 0 Å². The number of nitrogens with zero attached hydrogens (tertiary/aromatic N) is 2. The lowest BCUT2D eigenvalue weighted by Gasteiger charge is -2.30. The minimum absolute atomic E-state index is 0.118. The maximum absolute atomic E-state index is 12.4. The van der Waals surface area contributed by atoms with Gasteiger partial charge in [0.05, 0.1) is 0 Å². The van der Waals surface area contributed by atoms with E-state index >= 15 is 0 Å². The fraction of sp³-hybridized carbons (Fsp3) is 0.529. The smallest absolute Gasteiger partial charge is 0.435 e. The van der Waals surface area contributed by atoms with Crippen molar-refractivity contribution in [3.8, 4) is 0 Å². The highest BCUT2D eigenvalue weighted by atomic mass is 16.6. The van der Waals surface area contributed by atoms with Crippen LogP contribution in [0.4, 0.5) is 9.59 Å². The van der Waals surface area contributed by atoms with Crippen molar-refractivity contribution in [1.82, 2.24) is 10.0 Å². The van der Waals surface area contributed by atoms with Gasteiger partial charge in [0.15, 0.2) is 0 Å². The zero-order valence-electron chi connectivity index (χ0n) is 13.9. The molecular formula is C17H24N2O4. The van der Waals surface area contributed by atoms with Crippen molar-refractivity contribution >= 4 is 12.2 Å². The molecule has 1 saturated heterocycles. The molecule has 0 unspecified atom stereocenters. The molecule has 1 fully saturated rings. The summed E-state index contributed by atoms with van der Waals surface area (Å²) < 4.78 is 10.6. The summed E-state index contributed by atoms with van der Waals surface area (Å²) in [5.41, 5.74) is 0.195. The van der Waals surface area contributed by atoms with Crippen LogP contribution in [0.25, 0.3) is 0 Å². The molecule has 6 nitrogen and oxygen atoms in total. The molecule has 0 atom stereocenters. The van der Waals surface area contributed by atoms with Gasteiger partial charge in [0.25, 0.3) is 0 Å². The maximum Gasteiger partial charge on any atom is 0.435 e. The number of carbonyl (C=O) groups is 2. The number of hydrazine groups is 1. The summed E-state index contributed by atoms with van der Waals surface area (Å²) in [6.45, 7) is 6.69. The van der Waals surface area contributed by atoms with Gasteiger partial charge in [-0.1, -0.05) is 30.3 Å². The molecule has 0 spiro atoms. The standard InChI is InChI=1S/C17H24N2O4/c1-17(2,3)23-16(21)19(18-11-7-8-12-18)15(20)22-13-14-9-5-4-6-10-14/h4-6,9-10H,7-8,11-13H2,1-3H3. The maximum atomic E-state index is 12.4. The summed E-state index contributed by atoms with van der Waals surface area (Å²) in [5, 5.41) is 2.67. The molecule has 1 aliphatic rings. The van der Waals surface area contributed by atoms with Gasteiger partial charge in [0, 0.05) is 13.1 Å². The Morgan fingerprint density at radius 2 is 1.70 bits per heavy atom. The molecule has 0 bridgehead atoms. The lowest BCUT2D eigenvalue weighted by molar-refractivity contribution is -0.0376. The van der Waals surface area contributed by atoms with E-state index < -0.39 is 17.8 Å². The molecule has 1 aliphatic heterocycles. The molecule has 1 aromatic carbocycles. The Morgan fingerprint density at radius 1 is 1.09 bits per heavy atom. The zero-order valence-corrected chi connectivity index (χ0v) is 13.9. The summed E-state index contributed by atoms with van der Waals surface area (Å²) in [5.74, 6) is 0. The monoisotopic (exact) mass is 320 g/mol. The van der Waals surface area contributed by atoms with Crippen molar-refractivity contribution < 1.29 is 19.1 Å². The van der Waals surface area contributed by atoms with E-state index in [9.17, 15) is 9.59 Å². The highest BCUT2D eigenvalue weighted by Crippen LogP contribution is 2.17. The summed E-state index contributed by atoms with van der Waals surface area (Å²) in [6.07, 6.45) is 0.471. The highest BCUT2D eigenvalue weighted by Gasteiger charge is 2.35. The van der Waals surface area contributed by atoms with Gasteiger partial charge >= 0.3 is 12.2 Å². The van der Waals surface area contributed by atoms with Crippen LogP contribution in [0.1, 0.15) is 39.2 Å². The molecule has 0 aromatic heterocycles. The van der Waals surface area contributed by atoms with Crippen molar-refractivity contribution in [2.75, 3.05) is 13.1 Å². The Kier molecular flexibility index (Phi) is 5.60. The largest absolute Gasteiger partial charge is 0.443 e. The van der Waals surface area contributed by atoms with Gasteiger partial charge in [-0.3, -0.25) is 0 Å². The number of amides is 2. The molecule has 0 radical (unpaired) electrons. The van der Waals surface area contributed by atoms with Crippen LogP contribution in [0.5, 0.6) is 0 Å². The first-order valence-corrected chi connectivity index (χ1v) is 7.85. The van der Waals surface area contributed by atoms with Gasteiger partial charge < -0.3 is 9.47 Å². The summed E-state index contributed by atoms with van der Waals surface area (Å²) in [7, 11) is 0. The third-order valence-electron chi connectivity index (χ3n) is 3.31. The summed E-state index contributed by atoms with van der Waals surface area (Å²) in [4.78, 5) is 24.8. The van der Waals surface area contributed by atoms with E-state index in [0.717, 1.165) is 23.4 Å². The van der Waals surface area contributed by atoms with Crippen LogP contribution in [0, 0.1) is 0 Å². The second kappa shape index (κ2) is 7.46. The normalized spacial score (nSPS) is 15.3. The first kappa shape index (κ1) is 17.3. The third kappa shape index (κ3) is 5.25. The van der Waals surface area contributed by atoms with Crippen molar-refractivity contribution in [1.29, 1.82) is 0 Å². The number of hydrogen-bond acceptors (Lipinski definition) is 5. The van der Waals surface area contributed by atoms with Gasteiger partial charge in [-0.2, -0.15) is 0 Å². The topological polar surface area (TPSA) is 59.1 Å². The average molecular weight is 320 g/mol. The number of benzene rings is 1. The zero-order chi connectivity index (χ0) is 16.9. The lowest BCUT2D eigenvalue weighted by Crippen LogP contribution is -2.50. The van der Waals surface area contributed by atoms with Crippen molar-refractivity contribution in [3.05, 3.63) is 35.9 Å². The second-order valence-electron chi connectivity index (χ2n) is 6.49. The molecule has 2 rings (SSSR count). The Labute approximate surface area is 136 Å². The third-order valence-corrected chi connectivity index (χ3v) is 3.31. The van der Waals surface area contributed by atoms with E-state index in [1.54, 1.807) is 25.8 Å². The van der Waals surface area contributed by atoms with E-state index in [1.807, 2.05) is 30.3 Å². The van der Waals surface area contributed by atoms with Crippen LogP contribution in [-0.4, -0.2) is 40.9 Å². The molecule has 1 heterocycles. The number of hydrogen-bond donors (Lipinski definition) is 0. The molecule has 0 aliphatic carbocycles. The summed E-state index contributed by atoms with van der Waals surface area (Å²) in [6, 6.07) is 9.36. The molecule has 2 amide bonds. The molecule has 1 aromatic rings. The van der Waals surface area contributed by atoms with E-state index in [0.29, 0.717) is 13.1 Å². The van der Waals surface area contributed by atoms with Crippen LogP contribution in [0.15, 0.2) is 30.3 Å². The molecule has 6 heteroatoms. The fourth-order valence-corrected chi connectivity index (χ4v) is 2.29. The Bertz CT molecular complexity index is 533. The van der Waals surface area contributed by atoms with Crippen LogP contribution in [0.2, 0.25) is 0 Å².